The van der Waals surface area contributed by atoms with Crippen molar-refractivity contribution in [2.45, 2.75) is 45.1 Å². The fourth-order valence-corrected chi connectivity index (χ4v) is 2.89. The summed E-state index contributed by atoms with van der Waals surface area (Å²) in [4.78, 5) is 14.3. The van der Waals surface area contributed by atoms with E-state index in [0.717, 1.165) is 32.5 Å². The number of hydrogen-bond donors (Lipinski definition) is 0. The van der Waals surface area contributed by atoms with E-state index in [0.29, 0.717) is 37.5 Å². The van der Waals surface area contributed by atoms with Gasteiger partial charge in [-0.05, 0) is 31.6 Å². The summed E-state index contributed by atoms with van der Waals surface area (Å²) < 4.78 is 5.44. The fourth-order valence-electron chi connectivity index (χ4n) is 2.89. The fraction of sp³-hybridized carbons (Fsp3) is 0.929. The van der Waals surface area contributed by atoms with Crippen LogP contribution in [-0.2, 0) is 9.53 Å². The first kappa shape index (κ1) is 13.8. The van der Waals surface area contributed by atoms with Crippen molar-refractivity contribution in [2.75, 3.05) is 32.8 Å². The molecule has 2 aliphatic rings. The number of morpholine rings is 1. The van der Waals surface area contributed by atoms with Crippen LogP contribution in [0.15, 0.2) is 0 Å². The molecule has 1 amide bonds. The van der Waals surface area contributed by atoms with Crippen LogP contribution in [0.1, 0.15) is 39.0 Å². The molecule has 1 radical (unpaired) electrons. The molecule has 0 aromatic carbocycles. The summed E-state index contributed by atoms with van der Waals surface area (Å²) in [6.45, 7) is 6.29. The molecule has 0 spiro atoms. The lowest BCUT2D eigenvalue weighted by Gasteiger charge is -2.35. The molecule has 0 aromatic rings. The van der Waals surface area contributed by atoms with E-state index < -0.39 is 0 Å². The number of hydrogen-bond acceptors (Lipinski definition) is 2. The molecule has 0 bridgehead atoms. The molecule has 2 heterocycles. The second-order valence-corrected chi connectivity index (χ2v) is 5.40. The minimum absolute atomic E-state index is 0.294. The van der Waals surface area contributed by atoms with Gasteiger partial charge in [0.2, 0.25) is 5.91 Å². The molecular weight excluding hydrogens is 228 g/mol. The molecule has 0 aromatic heterocycles. The molecule has 0 saturated carbocycles. The molecular formula is C14H25N2O2. The lowest BCUT2D eigenvalue weighted by Crippen LogP contribution is -2.48. The van der Waals surface area contributed by atoms with Gasteiger partial charge in [-0.2, -0.15) is 0 Å². The van der Waals surface area contributed by atoms with Crippen molar-refractivity contribution in [3.05, 3.63) is 0 Å². The van der Waals surface area contributed by atoms with Crippen molar-refractivity contribution >= 4 is 5.91 Å². The summed E-state index contributed by atoms with van der Waals surface area (Å²) in [5.41, 5.74) is 0. The van der Waals surface area contributed by atoms with Crippen molar-refractivity contribution < 1.29 is 9.53 Å². The van der Waals surface area contributed by atoms with Crippen LogP contribution in [-0.4, -0.2) is 49.7 Å². The number of amides is 1. The summed E-state index contributed by atoms with van der Waals surface area (Å²) in [6, 6.07) is 0.294. The van der Waals surface area contributed by atoms with E-state index in [9.17, 15) is 4.79 Å². The molecule has 2 saturated heterocycles. The highest BCUT2D eigenvalue weighted by Crippen LogP contribution is 2.19. The van der Waals surface area contributed by atoms with E-state index in [2.05, 4.69) is 12.2 Å². The van der Waals surface area contributed by atoms with E-state index >= 15 is 0 Å². The maximum atomic E-state index is 12.2. The largest absolute Gasteiger partial charge is 0.377 e. The molecule has 4 nitrogen and oxygen atoms in total. The number of ether oxygens (including phenoxy) is 1. The monoisotopic (exact) mass is 253 g/mol. The van der Waals surface area contributed by atoms with Gasteiger partial charge in [0.25, 0.3) is 0 Å². The summed E-state index contributed by atoms with van der Waals surface area (Å²) in [5, 5.41) is 4.44. The smallest absolute Gasteiger partial charge is 0.222 e. The van der Waals surface area contributed by atoms with E-state index in [4.69, 9.17) is 4.74 Å². The van der Waals surface area contributed by atoms with E-state index in [-0.39, 0.29) is 0 Å². The van der Waals surface area contributed by atoms with Crippen LogP contribution < -0.4 is 5.32 Å². The van der Waals surface area contributed by atoms with Crippen molar-refractivity contribution in [1.82, 2.24) is 10.2 Å². The van der Waals surface area contributed by atoms with Crippen molar-refractivity contribution in [2.24, 2.45) is 5.92 Å². The first-order valence-corrected chi connectivity index (χ1v) is 7.31. The molecule has 2 atom stereocenters. The SMILES string of the molecule is CCC1COCCN1C(=O)CCC1CCC[N]C1. The zero-order valence-corrected chi connectivity index (χ0v) is 11.4. The van der Waals surface area contributed by atoms with E-state index in [1.54, 1.807) is 0 Å². The van der Waals surface area contributed by atoms with Crippen LogP contribution in [0.2, 0.25) is 0 Å². The Morgan fingerprint density at radius 2 is 2.39 bits per heavy atom. The highest BCUT2D eigenvalue weighted by molar-refractivity contribution is 5.76. The third kappa shape index (κ3) is 3.69. The highest BCUT2D eigenvalue weighted by atomic mass is 16.5. The maximum Gasteiger partial charge on any atom is 0.222 e. The van der Waals surface area contributed by atoms with Gasteiger partial charge in [-0.15, -0.1) is 0 Å². The predicted octanol–water partition coefficient (Wildman–Crippen LogP) is 1.42. The Kier molecular flexibility index (Phi) is 5.45. The molecule has 0 aliphatic carbocycles. The number of piperidine rings is 1. The van der Waals surface area contributed by atoms with Gasteiger partial charge >= 0.3 is 0 Å². The molecule has 2 unspecified atom stereocenters. The van der Waals surface area contributed by atoms with E-state index in [1.807, 2.05) is 4.90 Å². The van der Waals surface area contributed by atoms with Gasteiger partial charge in [-0.3, -0.25) is 4.79 Å². The first-order valence-electron chi connectivity index (χ1n) is 7.31. The molecule has 2 rings (SSSR count). The number of rotatable bonds is 4. The quantitative estimate of drug-likeness (QED) is 0.760. The van der Waals surface area contributed by atoms with Crippen LogP contribution in [0.5, 0.6) is 0 Å². The van der Waals surface area contributed by atoms with Crippen LogP contribution in [0.25, 0.3) is 0 Å². The zero-order valence-electron chi connectivity index (χ0n) is 11.4. The van der Waals surface area contributed by atoms with Gasteiger partial charge in [-0.1, -0.05) is 6.92 Å². The van der Waals surface area contributed by atoms with Crippen molar-refractivity contribution in [3.63, 3.8) is 0 Å². The Bertz CT molecular complexity index is 265. The van der Waals surface area contributed by atoms with Crippen LogP contribution in [0, 0.1) is 5.92 Å². The summed E-state index contributed by atoms with van der Waals surface area (Å²) in [7, 11) is 0. The molecule has 2 aliphatic heterocycles. The van der Waals surface area contributed by atoms with Gasteiger partial charge in [0.15, 0.2) is 0 Å². The van der Waals surface area contributed by atoms with Gasteiger partial charge in [0, 0.05) is 26.1 Å². The topological polar surface area (TPSA) is 43.6 Å². The van der Waals surface area contributed by atoms with Crippen LogP contribution in [0.3, 0.4) is 0 Å². The van der Waals surface area contributed by atoms with Crippen molar-refractivity contribution in [1.29, 1.82) is 0 Å². The Hall–Kier alpha value is -0.610. The minimum atomic E-state index is 0.294. The Morgan fingerprint density at radius 3 is 3.11 bits per heavy atom. The predicted molar refractivity (Wildman–Crippen MR) is 70.4 cm³/mol. The molecule has 4 heteroatoms. The Balaban J connectivity index is 1.75. The average molecular weight is 253 g/mol. The number of carbonyl (C=O) groups is 1. The molecule has 18 heavy (non-hydrogen) atoms. The molecule has 0 N–H and O–H groups in total. The number of nitrogens with zero attached hydrogens (tertiary/aromatic N) is 2. The maximum absolute atomic E-state index is 12.2. The number of carbonyl (C=O) groups excluding carboxylic acids is 1. The summed E-state index contributed by atoms with van der Waals surface area (Å²) in [5.74, 6) is 0.958. The van der Waals surface area contributed by atoms with Gasteiger partial charge < -0.3 is 9.64 Å². The van der Waals surface area contributed by atoms with Crippen LogP contribution >= 0.6 is 0 Å². The first-order chi connectivity index (χ1) is 8.81. The summed E-state index contributed by atoms with van der Waals surface area (Å²) >= 11 is 0. The zero-order chi connectivity index (χ0) is 12.8. The normalized spacial score (nSPS) is 29.3. The Morgan fingerprint density at radius 1 is 1.50 bits per heavy atom. The average Bonchev–Trinajstić information content (AvgIpc) is 2.45. The Labute approximate surface area is 110 Å². The van der Waals surface area contributed by atoms with E-state index in [1.165, 1.54) is 12.8 Å². The third-order valence-electron chi connectivity index (χ3n) is 4.10. The van der Waals surface area contributed by atoms with Crippen molar-refractivity contribution in [3.8, 4) is 0 Å². The minimum Gasteiger partial charge on any atom is -0.377 e. The second kappa shape index (κ2) is 7.10. The lowest BCUT2D eigenvalue weighted by atomic mass is 9.94. The van der Waals surface area contributed by atoms with Gasteiger partial charge in [0.1, 0.15) is 0 Å². The standard InChI is InChI=1S/C14H25N2O2/c1-2-13-11-18-9-8-16(13)14(17)6-5-12-4-3-7-15-10-12/h12-13H,2-11H2,1H3. The van der Waals surface area contributed by atoms with Crippen LogP contribution in [0.4, 0.5) is 0 Å². The highest BCUT2D eigenvalue weighted by Gasteiger charge is 2.26. The van der Waals surface area contributed by atoms with Gasteiger partial charge in [0.05, 0.1) is 19.3 Å². The molecule has 103 valence electrons. The molecule has 2 fully saturated rings. The third-order valence-corrected chi connectivity index (χ3v) is 4.10. The van der Waals surface area contributed by atoms with Gasteiger partial charge in [-0.25, -0.2) is 5.32 Å². The summed E-state index contributed by atoms with van der Waals surface area (Å²) in [6.07, 6.45) is 5.14. The lowest BCUT2D eigenvalue weighted by molar-refractivity contribution is -0.140. The second-order valence-electron chi connectivity index (χ2n) is 5.40.